The normalized spacial score (nSPS) is 13.1. The Morgan fingerprint density at radius 3 is 2.36 bits per heavy atom. The molecule has 0 radical (unpaired) electrons. The fourth-order valence-corrected chi connectivity index (χ4v) is 3.69. The Hall–Kier alpha value is -3.09. The van der Waals surface area contributed by atoms with Gasteiger partial charge < -0.3 is 15.3 Å². The maximum atomic E-state index is 13.2. The summed E-state index contributed by atoms with van der Waals surface area (Å²) in [4.78, 5) is 24.2. The van der Waals surface area contributed by atoms with E-state index in [1.54, 1.807) is 18.5 Å². The molecule has 0 aliphatic rings. The Labute approximate surface area is 196 Å². The second kappa shape index (κ2) is 11.2. The largest absolute Gasteiger partial charge is 0.387 e. The first-order chi connectivity index (χ1) is 15.8. The maximum Gasteiger partial charge on any atom is 0.251 e. The van der Waals surface area contributed by atoms with Crippen LogP contribution in [0, 0.1) is 13.8 Å². The van der Waals surface area contributed by atoms with E-state index in [1.165, 1.54) is 0 Å². The summed E-state index contributed by atoms with van der Waals surface area (Å²) in [5, 5.41) is 14.0. The van der Waals surface area contributed by atoms with E-state index in [9.17, 15) is 9.90 Å². The lowest BCUT2D eigenvalue weighted by molar-refractivity contribution is 0.0939. The van der Waals surface area contributed by atoms with Crippen molar-refractivity contribution in [3.05, 3.63) is 82.8 Å². The Morgan fingerprint density at radius 1 is 1.00 bits per heavy atom. The lowest BCUT2D eigenvalue weighted by atomic mass is 9.98. The topological polar surface area (TPSA) is 78.4 Å². The van der Waals surface area contributed by atoms with Gasteiger partial charge in [-0.05, 0) is 80.9 Å². The van der Waals surface area contributed by atoms with Gasteiger partial charge in [-0.15, -0.1) is 0 Å². The lowest BCUT2D eigenvalue weighted by Gasteiger charge is -2.23. The number of carbonyl (C=O) groups is 1. The molecule has 2 N–H and O–H groups in total. The molecular formula is C27H34N4O2. The molecular weight excluding hydrogens is 412 g/mol. The highest BCUT2D eigenvalue weighted by Crippen LogP contribution is 2.26. The Balaban J connectivity index is 1.93. The summed E-state index contributed by atoms with van der Waals surface area (Å²) in [6.45, 7) is 12.2. The number of pyridine rings is 2. The van der Waals surface area contributed by atoms with Crippen LogP contribution in [0.1, 0.15) is 65.7 Å². The van der Waals surface area contributed by atoms with Crippen molar-refractivity contribution in [2.24, 2.45) is 0 Å². The fraction of sp³-hybridized carbons (Fsp3) is 0.370. The molecule has 0 fully saturated rings. The molecule has 2 heterocycles. The maximum absolute atomic E-state index is 13.2. The number of aryl methyl sites for hydroxylation is 2. The van der Waals surface area contributed by atoms with E-state index in [0.29, 0.717) is 17.7 Å². The molecule has 6 nitrogen and oxygen atoms in total. The molecule has 174 valence electrons. The molecule has 33 heavy (non-hydrogen) atoms. The van der Waals surface area contributed by atoms with Gasteiger partial charge in [0, 0.05) is 35.8 Å². The van der Waals surface area contributed by atoms with E-state index in [4.69, 9.17) is 0 Å². The van der Waals surface area contributed by atoms with Gasteiger partial charge in [-0.1, -0.05) is 26.0 Å². The minimum atomic E-state index is -0.708. The van der Waals surface area contributed by atoms with Crippen LogP contribution in [0.5, 0.6) is 0 Å². The van der Waals surface area contributed by atoms with Crippen molar-refractivity contribution >= 4 is 5.91 Å². The number of likely N-dealkylation sites (N-methyl/N-ethyl adjacent to an activating group) is 1. The van der Waals surface area contributed by atoms with Crippen LogP contribution in [0.15, 0.2) is 54.9 Å². The van der Waals surface area contributed by atoms with Gasteiger partial charge in [0.2, 0.25) is 0 Å². The number of aromatic nitrogens is 2. The number of benzene rings is 1. The number of hydrogen-bond donors (Lipinski definition) is 2. The summed E-state index contributed by atoms with van der Waals surface area (Å²) in [7, 11) is 0. The molecule has 3 rings (SSSR count). The van der Waals surface area contributed by atoms with E-state index in [0.717, 1.165) is 41.2 Å². The second-order valence-corrected chi connectivity index (χ2v) is 8.49. The molecule has 1 unspecified atom stereocenters. The highest BCUT2D eigenvalue weighted by molar-refractivity contribution is 5.96. The van der Waals surface area contributed by atoms with Gasteiger partial charge in [0.15, 0.2) is 0 Å². The summed E-state index contributed by atoms with van der Waals surface area (Å²) in [6, 6.07) is 13.2. The predicted molar refractivity (Wildman–Crippen MR) is 132 cm³/mol. The average molecular weight is 447 g/mol. The minimum Gasteiger partial charge on any atom is -0.387 e. The Kier molecular flexibility index (Phi) is 8.31. The molecule has 1 aromatic carbocycles. The van der Waals surface area contributed by atoms with Crippen LogP contribution in [0.25, 0.3) is 11.3 Å². The van der Waals surface area contributed by atoms with Gasteiger partial charge in [-0.2, -0.15) is 0 Å². The summed E-state index contributed by atoms with van der Waals surface area (Å²) < 4.78 is 0. The molecule has 0 saturated carbocycles. The van der Waals surface area contributed by atoms with E-state index in [-0.39, 0.29) is 11.9 Å². The standard InChI is InChI=1S/C27H34N4O2/c1-6-31(7-2)17-26(32)23-12-22(25-11-8-18(3)15-29-25)13-24(14-23)27(33)30-20(5)21-10-9-19(4)28-16-21/h8-16,20,26,32H,6-7,17H2,1-5H3,(H,30,33)/t20-,26?/m1/s1. The first kappa shape index (κ1) is 24.6. The van der Waals surface area contributed by atoms with Crippen LogP contribution < -0.4 is 5.32 Å². The first-order valence-corrected chi connectivity index (χ1v) is 11.5. The summed E-state index contributed by atoms with van der Waals surface area (Å²) >= 11 is 0. The highest BCUT2D eigenvalue weighted by atomic mass is 16.3. The second-order valence-electron chi connectivity index (χ2n) is 8.49. The monoisotopic (exact) mass is 446 g/mol. The van der Waals surface area contributed by atoms with Crippen molar-refractivity contribution in [3.8, 4) is 11.3 Å². The zero-order chi connectivity index (χ0) is 24.0. The van der Waals surface area contributed by atoms with Crippen LogP contribution in [-0.4, -0.2) is 45.5 Å². The van der Waals surface area contributed by atoms with Crippen LogP contribution in [-0.2, 0) is 0 Å². The molecule has 0 saturated heterocycles. The number of carbonyl (C=O) groups excluding carboxylic acids is 1. The third-order valence-electron chi connectivity index (χ3n) is 5.92. The van der Waals surface area contributed by atoms with E-state index in [1.807, 2.05) is 57.2 Å². The third kappa shape index (κ3) is 6.46. The quantitative estimate of drug-likeness (QED) is 0.501. The molecule has 0 aliphatic heterocycles. The number of nitrogens with zero attached hydrogens (tertiary/aromatic N) is 3. The van der Waals surface area contributed by atoms with E-state index in [2.05, 4.69) is 34.0 Å². The average Bonchev–Trinajstić information content (AvgIpc) is 2.82. The predicted octanol–water partition coefficient (Wildman–Crippen LogP) is 4.63. The van der Waals surface area contributed by atoms with Crippen molar-refractivity contribution in [2.75, 3.05) is 19.6 Å². The lowest BCUT2D eigenvalue weighted by Crippen LogP contribution is -2.29. The van der Waals surface area contributed by atoms with Crippen molar-refractivity contribution in [1.29, 1.82) is 0 Å². The number of aliphatic hydroxyl groups excluding tert-OH is 1. The van der Waals surface area contributed by atoms with Crippen molar-refractivity contribution < 1.29 is 9.90 Å². The summed E-state index contributed by atoms with van der Waals surface area (Å²) in [6.07, 6.45) is 2.88. The Bertz CT molecular complexity index is 1060. The molecule has 0 spiro atoms. The number of nitrogens with one attached hydrogen (secondary N) is 1. The number of hydrogen-bond acceptors (Lipinski definition) is 5. The molecule has 6 heteroatoms. The number of amides is 1. The zero-order valence-corrected chi connectivity index (χ0v) is 20.2. The summed E-state index contributed by atoms with van der Waals surface area (Å²) in [5.41, 5.74) is 5.71. The number of rotatable bonds is 9. The minimum absolute atomic E-state index is 0.198. The molecule has 2 atom stereocenters. The summed E-state index contributed by atoms with van der Waals surface area (Å²) in [5.74, 6) is -0.201. The van der Waals surface area contributed by atoms with Gasteiger partial charge in [0.1, 0.15) is 0 Å². The van der Waals surface area contributed by atoms with Gasteiger partial charge in [0.05, 0.1) is 17.8 Å². The SMILES string of the molecule is CCN(CC)CC(O)c1cc(C(=O)N[C@H](C)c2ccc(C)nc2)cc(-c2ccc(C)cn2)c1. The van der Waals surface area contributed by atoms with Gasteiger partial charge in [0.25, 0.3) is 5.91 Å². The van der Waals surface area contributed by atoms with Crippen LogP contribution >= 0.6 is 0 Å². The van der Waals surface area contributed by atoms with Crippen LogP contribution in [0.3, 0.4) is 0 Å². The van der Waals surface area contributed by atoms with Crippen molar-refractivity contribution in [2.45, 2.75) is 46.8 Å². The highest BCUT2D eigenvalue weighted by Gasteiger charge is 2.18. The molecule has 0 aliphatic carbocycles. The number of aliphatic hydroxyl groups is 1. The first-order valence-electron chi connectivity index (χ1n) is 11.5. The van der Waals surface area contributed by atoms with Gasteiger partial charge in [-0.25, -0.2) is 0 Å². The van der Waals surface area contributed by atoms with E-state index < -0.39 is 6.10 Å². The molecule has 3 aromatic rings. The van der Waals surface area contributed by atoms with Gasteiger partial charge >= 0.3 is 0 Å². The fourth-order valence-electron chi connectivity index (χ4n) is 3.69. The zero-order valence-electron chi connectivity index (χ0n) is 20.2. The van der Waals surface area contributed by atoms with E-state index >= 15 is 0 Å². The molecule has 1 amide bonds. The third-order valence-corrected chi connectivity index (χ3v) is 5.92. The van der Waals surface area contributed by atoms with Gasteiger partial charge in [-0.3, -0.25) is 14.8 Å². The molecule has 2 aromatic heterocycles. The molecule has 0 bridgehead atoms. The van der Waals surface area contributed by atoms with Crippen molar-refractivity contribution in [3.63, 3.8) is 0 Å². The van der Waals surface area contributed by atoms with Crippen LogP contribution in [0.4, 0.5) is 0 Å². The smallest absolute Gasteiger partial charge is 0.251 e. The van der Waals surface area contributed by atoms with Crippen LogP contribution in [0.2, 0.25) is 0 Å². The Morgan fingerprint density at radius 2 is 1.76 bits per heavy atom. The van der Waals surface area contributed by atoms with Crippen molar-refractivity contribution in [1.82, 2.24) is 20.2 Å².